The van der Waals surface area contributed by atoms with Gasteiger partial charge in [-0.3, -0.25) is 19.8 Å². The van der Waals surface area contributed by atoms with E-state index in [0.717, 1.165) is 60.5 Å². The first-order chi connectivity index (χ1) is 18.8. The van der Waals surface area contributed by atoms with Gasteiger partial charge in [0.15, 0.2) is 0 Å². The third-order valence-corrected chi connectivity index (χ3v) is 8.20. The van der Waals surface area contributed by atoms with Crippen LogP contribution in [-0.2, 0) is 4.79 Å². The molecule has 4 aromatic rings. The molecule has 39 heavy (non-hydrogen) atoms. The first kappa shape index (κ1) is 25.9. The van der Waals surface area contributed by atoms with Crippen molar-refractivity contribution in [2.75, 3.05) is 38.1 Å². The van der Waals surface area contributed by atoms with Crippen LogP contribution < -0.4 is 15.0 Å². The fourth-order valence-corrected chi connectivity index (χ4v) is 6.38. The number of H-pyrrole nitrogens is 1. The average molecular weight is 566 g/mol. The van der Waals surface area contributed by atoms with Crippen LogP contribution in [0.3, 0.4) is 0 Å². The molecule has 1 aromatic carbocycles. The summed E-state index contributed by atoms with van der Waals surface area (Å²) in [4.78, 5) is 25.3. The number of aromatic nitrogens is 4. The Kier molecular flexibility index (Phi) is 6.82. The maximum absolute atomic E-state index is 12.1. The van der Waals surface area contributed by atoms with Gasteiger partial charge in [0.05, 0.1) is 27.6 Å². The number of anilines is 1. The van der Waals surface area contributed by atoms with E-state index in [4.69, 9.17) is 32.9 Å². The normalized spacial score (nSPS) is 18.4. The molecule has 1 spiro atoms. The van der Waals surface area contributed by atoms with Crippen molar-refractivity contribution in [2.24, 2.45) is 0 Å². The molecule has 1 unspecified atom stereocenters. The molecule has 5 heterocycles. The molecule has 1 amide bonds. The van der Waals surface area contributed by atoms with Crippen LogP contribution in [0.2, 0.25) is 10.0 Å². The van der Waals surface area contributed by atoms with Crippen LogP contribution in [0, 0.1) is 0 Å². The minimum atomic E-state index is -0.368. The second-order valence-electron chi connectivity index (χ2n) is 10.4. The number of piperidine rings is 1. The number of halogens is 2. The quantitative estimate of drug-likeness (QED) is 0.356. The summed E-state index contributed by atoms with van der Waals surface area (Å²) in [5.41, 5.74) is 3.16. The smallest absolute Gasteiger partial charge is 0.234 e. The largest absolute Gasteiger partial charge is 0.486 e. The van der Waals surface area contributed by atoms with Crippen molar-refractivity contribution in [1.82, 2.24) is 30.4 Å². The summed E-state index contributed by atoms with van der Waals surface area (Å²) in [6.45, 7) is 4.94. The van der Waals surface area contributed by atoms with E-state index in [1.165, 1.54) is 0 Å². The van der Waals surface area contributed by atoms with Gasteiger partial charge < -0.3 is 15.0 Å². The minimum Gasteiger partial charge on any atom is -0.486 e. The van der Waals surface area contributed by atoms with Gasteiger partial charge in [-0.1, -0.05) is 23.2 Å². The number of aromatic amines is 1. The SMILES string of the molecule is CC(Oc1ccc2[nH]nc(-c3ccc(N4CCC5(CC4)CN(C)CC(=O)N5)nc3)c2c1)c1c(Cl)cncc1Cl. The molecule has 0 saturated carbocycles. The number of hydrogen-bond acceptors (Lipinski definition) is 7. The van der Waals surface area contributed by atoms with Crippen LogP contribution >= 0.6 is 23.2 Å². The van der Waals surface area contributed by atoms with E-state index in [2.05, 4.69) is 30.3 Å². The number of piperazine rings is 1. The van der Waals surface area contributed by atoms with Crippen LogP contribution in [0.1, 0.15) is 31.4 Å². The Morgan fingerprint density at radius 2 is 1.85 bits per heavy atom. The molecular weight excluding hydrogens is 537 g/mol. The summed E-state index contributed by atoms with van der Waals surface area (Å²) in [6.07, 6.45) is 6.41. The van der Waals surface area contributed by atoms with Crippen molar-refractivity contribution in [3.63, 3.8) is 0 Å². The van der Waals surface area contributed by atoms with Gasteiger partial charge in [0.2, 0.25) is 5.91 Å². The number of nitrogens with one attached hydrogen (secondary N) is 2. The molecule has 2 fully saturated rings. The van der Waals surface area contributed by atoms with Crippen molar-refractivity contribution >= 4 is 45.8 Å². The van der Waals surface area contributed by atoms with Gasteiger partial charge in [-0.2, -0.15) is 5.10 Å². The van der Waals surface area contributed by atoms with Gasteiger partial charge in [-0.05, 0) is 57.1 Å². The fraction of sp³-hybridized carbons (Fsp3) is 0.357. The summed E-state index contributed by atoms with van der Waals surface area (Å²) in [6, 6.07) is 9.87. The molecule has 2 saturated heterocycles. The summed E-state index contributed by atoms with van der Waals surface area (Å²) in [5, 5.41) is 12.8. The maximum Gasteiger partial charge on any atom is 0.234 e. The lowest BCUT2D eigenvalue weighted by atomic mass is 9.85. The standard InChI is InChI=1S/C28H29Cl2N7O2/c1-17(26-21(29)13-31-14-22(26)30)39-19-4-5-23-20(11-19)27(35-34-23)18-3-6-24(32-12-18)37-9-7-28(8-10-37)16-36(2)15-25(38)33-28/h3-6,11-14,17H,7-10,15-16H2,1-2H3,(H,33,38)(H,34,35). The number of hydrogen-bond donors (Lipinski definition) is 2. The van der Waals surface area contributed by atoms with E-state index in [1.54, 1.807) is 12.4 Å². The Labute approximate surface area is 236 Å². The number of fused-ring (bicyclic) bond motifs is 1. The second kappa shape index (κ2) is 10.3. The Balaban J connectivity index is 1.18. The molecule has 2 aliphatic rings. The van der Waals surface area contributed by atoms with E-state index in [1.807, 2.05) is 50.5 Å². The summed E-state index contributed by atoms with van der Waals surface area (Å²) in [5.74, 6) is 1.71. The lowest BCUT2D eigenvalue weighted by Gasteiger charge is -2.47. The molecule has 11 heteroatoms. The Morgan fingerprint density at radius 1 is 1.08 bits per heavy atom. The lowest BCUT2D eigenvalue weighted by Crippen LogP contribution is -2.65. The minimum absolute atomic E-state index is 0.110. The van der Waals surface area contributed by atoms with Crippen LogP contribution in [0.25, 0.3) is 22.2 Å². The van der Waals surface area contributed by atoms with Crippen molar-refractivity contribution in [2.45, 2.75) is 31.4 Å². The zero-order chi connectivity index (χ0) is 27.1. The third kappa shape index (κ3) is 5.14. The van der Waals surface area contributed by atoms with Crippen LogP contribution in [0.15, 0.2) is 48.9 Å². The molecule has 0 bridgehead atoms. The second-order valence-corrected chi connectivity index (χ2v) is 11.3. The van der Waals surface area contributed by atoms with Crippen LogP contribution in [0.5, 0.6) is 5.75 Å². The molecule has 0 radical (unpaired) electrons. The van der Waals surface area contributed by atoms with Gasteiger partial charge >= 0.3 is 0 Å². The Hall–Kier alpha value is -3.40. The average Bonchev–Trinajstić information content (AvgIpc) is 3.32. The molecule has 2 N–H and O–H groups in total. The van der Waals surface area contributed by atoms with E-state index >= 15 is 0 Å². The summed E-state index contributed by atoms with van der Waals surface area (Å²) < 4.78 is 6.20. The first-order valence-corrected chi connectivity index (χ1v) is 13.7. The van der Waals surface area contributed by atoms with Crippen molar-refractivity contribution in [1.29, 1.82) is 0 Å². The first-order valence-electron chi connectivity index (χ1n) is 12.9. The monoisotopic (exact) mass is 565 g/mol. The van der Waals surface area contributed by atoms with Crippen molar-refractivity contribution in [3.05, 3.63) is 64.5 Å². The molecule has 2 aliphatic heterocycles. The highest BCUT2D eigenvalue weighted by molar-refractivity contribution is 6.35. The highest BCUT2D eigenvalue weighted by Gasteiger charge is 2.40. The van der Waals surface area contributed by atoms with Gasteiger partial charge in [0, 0.05) is 54.7 Å². The van der Waals surface area contributed by atoms with Crippen molar-refractivity contribution < 1.29 is 9.53 Å². The molecule has 202 valence electrons. The number of nitrogens with zero attached hydrogens (tertiary/aromatic N) is 5. The van der Waals surface area contributed by atoms with Gasteiger partial charge in [0.1, 0.15) is 23.4 Å². The zero-order valence-electron chi connectivity index (χ0n) is 21.7. The highest BCUT2D eigenvalue weighted by atomic mass is 35.5. The van der Waals surface area contributed by atoms with Crippen LogP contribution in [-0.4, -0.2) is 69.7 Å². The highest BCUT2D eigenvalue weighted by Crippen LogP contribution is 2.35. The lowest BCUT2D eigenvalue weighted by molar-refractivity contribution is -0.127. The number of rotatable bonds is 5. The van der Waals surface area contributed by atoms with E-state index in [-0.39, 0.29) is 17.6 Å². The van der Waals surface area contributed by atoms with Gasteiger partial charge in [0.25, 0.3) is 0 Å². The summed E-state index contributed by atoms with van der Waals surface area (Å²) in [7, 11) is 2.01. The number of ether oxygens (including phenoxy) is 1. The number of likely N-dealkylation sites (N-methyl/N-ethyl adjacent to an activating group) is 1. The number of pyridine rings is 2. The van der Waals surface area contributed by atoms with E-state index < -0.39 is 0 Å². The van der Waals surface area contributed by atoms with E-state index in [9.17, 15) is 4.79 Å². The summed E-state index contributed by atoms with van der Waals surface area (Å²) >= 11 is 12.6. The molecule has 1 atom stereocenters. The van der Waals surface area contributed by atoms with Gasteiger partial charge in [-0.15, -0.1) is 0 Å². The topological polar surface area (TPSA) is 99.3 Å². The molecule has 3 aromatic heterocycles. The molecule has 9 nitrogen and oxygen atoms in total. The number of amides is 1. The molecular formula is C28H29Cl2N7O2. The van der Waals surface area contributed by atoms with E-state index in [0.29, 0.717) is 27.9 Å². The predicted molar refractivity (Wildman–Crippen MR) is 152 cm³/mol. The van der Waals surface area contributed by atoms with Gasteiger partial charge in [-0.25, -0.2) is 4.98 Å². The molecule has 0 aliphatic carbocycles. The third-order valence-electron chi connectivity index (χ3n) is 7.60. The Bertz CT molecular complexity index is 1500. The number of benzene rings is 1. The number of carbonyl (C=O) groups is 1. The maximum atomic E-state index is 12.1. The fourth-order valence-electron chi connectivity index (χ4n) is 5.71. The predicted octanol–water partition coefficient (Wildman–Crippen LogP) is 4.87. The number of carbonyl (C=O) groups excluding carboxylic acids is 1. The van der Waals surface area contributed by atoms with Crippen LogP contribution in [0.4, 0.5) is 5.82 Å². The Morgan fingerprint density at radius 3 is 2.54 bits per heavy atom. The molecule has 6 rings (SSSR count). The zero-order valence-corrected chi connectivity index (χ0v) is 23.3. The van der Waals surface area contributed by atoms with Crippen molar-refractivity contribution in [3.8, 4) is 17.0 Å².